The molecule has 182 valence electrons. The van der Waals surface area contributed by atoms with Crippen LogP contribution < -0.4 is 10.9 Å². The van der Waals surface area contributed by atoms with Gasteiger partial charge in [-0.05, 0) is 56.0 Å². The van der Waals surface area contributed by atoms with E-state index in [-0.39, 0.29) is 11.1 Å². The first-order chi connectivity index (χ1) is 17.3. The van der Waals surface area contributed by atoms with Crippen LogP contribution in [0.1, 0.15) is 57.1 Å². The van der Waals surface area contributed by atoms with E-state index in [2.05, 4.69) is 26.0 Å². The lowest BCUT2D eigenvalue weighted by Crippen LogP contribution is -2.23. The molecule has 0 saturated heterocycles. The van der Waals surface area contributed by atoms with Crippen molar-refractivity contribution in [1.82, 2.24) is 15.8 Å². The van der Waals surface area contributed by atoms with E-state index < -0.39 is 11.8 Å². The Hall–Kier alpha value is -4.65. The molecular weight excluding hydrogens is 450 g/mol. The molecule has 0 fully saturated rings. The van der Waals surface area contributed by atoms with E-state index in [1.54, 1.807) is 26.3 Å². The highest BCUT2D eigenvalue weighted by molar-refractivity contribution is 6.01. The summed E-state index contributed by atoms with van der Waals surface area (Å²) in [6.45, 7) is 7.20. The monoisotopic (exact) mass is 479 g/mol. The quantitative estimate of drug-likeness (QED) is 0.337. The number of hydrazone groups is 2. The van der Waals surface area contributed by atoms with Gasteiger partial charge in [0.15, 0.2) is 0 Å². The van der Waals surface area contributed by atoms with E-state index in [0.29, 0.717) is 11.4 Å². The lowest BCUT2D eigenvalue weighted by Gasteiger charge is -2.09. The second-order valence-corrected chi connectivity index (χ2v) is 8.25. The third kappa shape index (κ3) is 7.70. The van der Waals surface area contributed by atoms with Gasteiger partial charge in [-0.3, -0.25) is 14.6 Å². The van der Waals surface area contributed by atoms with Crippen molar-refractivity contribution in [2.75, 3.05) is 0 Å². The Balaban J connectivity index is 1.66. The predicted molar refractivity (Wildman–Crippen MR) is 146 cm³/mol. The molecule has 3 aromatic rings. The van der Waals surface area contributed by atoms with Crippen molar-refractivity contribution in [3.05, 3.63) is 112 Å². The largest absolute Gasteiger partial charge is 0.273 e. The third-order valence-corrected chi connectivity index (χ3v) is 5.15. The summed E-state index contributed by atoms with van der Waals surface area (Å²) in [5.41, 5.74) is 10.3. The first-order valence-electron chi connectivity index (χ1n) is 11.4. The number of carbonyl (C=O) groups is 2. The van der Waals surface area contributed by atoms with Gasteiger partial charge in [-0.2, -0.15) is 10.2 Å². The molecule has 2 amide bonds. The van der Waals surface area contributed by atoms with Crippen LogP contribution in [-0.2, 0) is 0 Å². The lowest BCUT2D eigenvalue weighted by molar-refractivity contribution is 0.0954. The molecule has 0 aliphatic heterocycles. The Morgan fingerprint density at radius 2 is 1.08 bits per heavy atom. The summed E-state index contributed by atoms with van der Waals surface area (Å²) in [5.74, 6) is -0.911. The highest BCUT2D eigenvalue weighted by Gasteiger charge is 2.17. The molecule has 0 atom stereocenters. The zero-order valence-electron chi connectivity index (χ0n) is 20.8. The molecule has 0 spiro atoms. The highest BCUT2D eigenvalue weighted by atomic mass is 16.2. The van der Waals surface area contributed by atoms with Crippen molar-refractivity contribution in [1.29, 1.82) is 0 Å². The summed E-state index contributed by atoms with van der Waals surface area (Å²) in [6, 6.07) is 21.1. The van der Waals surface area contributed by atoms with Gasteiger partial charge in [-0.1, -0.05) is 72.8 Å². The maximum absolute atomic E-state index is 12.7. The SMILES string of the molecule is CC(/C=N/NC(=O)c1cc(C(=O)N/N=C/C(C)=C/c2ccccc2)c(C)nc1C)=C\c1ccccc1. The van der Waals surface area contributed by atoms with Crippen molar-refractivity contribution in [3.8, 4) is 0 Å². The maximum Gasteiger partial charge on any atom is 0.273 e. The molecule has 0 aliphatic rings. The number of nitrogens with zero attached hydrogens (tertiary/aromatic N) is 3. The van der Waals surface area contributed by atoms with Crippen LogP contribution in [0.5, 0.6) is 0 Å². The average Bonchev–Trinajstić information content (AvgIpc) is 2.85. The number of allylic oxidation sites excluding steroid dienone is 2. The Bertz CT molecular complexity index is 1240. The first-order valence-corrected chi connectivity index (χ1v) is 11.4. The van der Waals surface area contributed by atoms with Crippen molar-refractivity contribution in [2.45, 2.75) is 27.7 Å². The molecule has 0 bridgehead atoms. The minimum Gasteiger partial charge on any atom is -0.267 e. The summed E-state index contributed by atoms with van der Waals surface area (Å²) in [5, 5.41) is 8.07. The number of aromatic nitrogens is 1. The third-order valence-electron chi connectivity index (χ3n) is 5.15. The highest BCUT2D eigenvalue weighted by Crippen LogP contribution is 2.13. The molecule has 1 aromatic heterocycles. The van der Waals surface area contributed by atoms with Crippen LogP contribution in [0.4, 0.5) is 0 Å². The van der Waals surface area contributed by atoms with Crippen LogP contribution in [0.3, 0.4) is 0 Å². The zero-order valence-corrected chi connectivity index (χ0v) is 20.8. The van der Waals surface area contributed by atoms with Crippen LogP contribution >= 0.6 is 0 Å². The molecule has 7 heteroatoms. The molecule has 1 heterocycles. The van der Waals surface area contributed by atoms with E-state index in [0.717, 1.165) is 22.3 Å². The van der Waals surface area contributed by atoms with Crippen molar-refractivity contribution in [2.24, 2.45) is 10.2 Å². The molecule has 0 aliphatic carbocycles. The number of benzene rings is 2. The van der Waals surface area contributed by atoms with Gasteiger partial charge in [0.25, 0.3) is 11.8 Å². The van der Waals surface area contributed by atoms with Gasteiger partial charge in [0.2, 0.25) is 0 Å². The molecule has 2 N–H and O–H groups in total. The number of hydrogen-bond acceptors (Lipinski definition) is 5. The van der Waals surface area contributed by atoms with Crippen LogP contribution in [0.25, 0.3) is 12.2 Å². The fraction of sp³-hybridized carbons (Fsp3) is 0.138. The number of nitrogens with one attached hydrogen (secondary N) is 2. The topological polar surface area (TPSA) is 95.8 Å². The fourth-order valence-corrected chi connectivity index (χ4v) is 3.39. The summed E-state index contributed by atoms with van der Waals surface area (Å²) in [7, 11) is 0. The molecule has 0 unspecified atom stereocenters. The predicted octanol–water partition coefficient (Wildman–Crippen LogP) is 5.34. The summed E-state index contributed by atoms with van der Waals surface area (Å²) in [4.78, 5) is 29.8. The Morgan fingerprint density at radius 3 is 1.47 bits per heavy atom. The van der Waals surface area contributed by atoms with Crippen LogP contribution in [0.2, 0.25) is 0 Å². The Morgan fingerprint density at radius 1 is 0.694 bits per heavy atom. The van der Waals surface area contributed by atoms with Gasteiger partial charge >= 0.3 is 0 Å². The van der Waals surface area contributed by atoms with Gasteiger partial charge in [0, 0.05) is 0 Å². The van der Waals surface area contributed by atoms with Crippen molar-refractivity contribution in [3.63, 3.8) is 0 Å². The number of amides is 2. The summed E-state index contributed by atoms with van der Waals surface area (Å²) in [6.07, 6.45) is 7.03. The lowest BCUT2D eigenvalue weighted by atomic mass is 10.1. The minimum absolute atomic E-state index is 0.261. The molecule has 36 heavy (non-hydrogen) atoms. The second-order valence-electron chi connectivity index (χ2n) is 8.25. The first kappa shape index (κ1) is 26.0. The van der Waals surface area contributed by atoms with E-state index in [1.165, 1.54) is 6.07 Å². The molecule has 0 radical (unpaired) electrons. The molecular formula is C29H29N5O2. The molecule has 2 aromatic carbocycles. The van der Waals surface area contributed by atoms with Gasteiger partial charge in [-0.15, -0.1) is 0 Å². The van der Waals surface area contributed by atoms with E-state index in [4.69, 9.17) is 0 Å². The van der Waals surface area contributed by atoms with Gasteiger partial charge in [-0.25, -0.2) is 10.9 Å². The second kappa shape index (κ2) is 12.7. The van der Waals surface area contributed by atoms with Crippen LogP contribution in [-0.4, -0.2) is 29.2 Å². The normalized spacial score (nSPS) is 12.2. The summed E-state index contributed by atoms with van der Waals surface area (Å²) < 4.78 is 0. The van der Waals surface area contributed by atoms with Gasteiger partial charge < -0.3 is 0 Å². The standard InChI is InChI=1S/C29H29N5O2/c1-20(15-24-11-7-5-8-12-24)18-30-33-28(35)26-17-27(23(4)32-22(26)3)29(36)34-31-19-21(2)16-25-13-9-6-10-14-25/h5-19H,1-4H3,(H,33,35)(H,34,36)/b20-15+,21-16+,30-18+,31-19+. The number of aryl methyl sites for hydroxylation is 2. The maximum atomic E-state index is 12.7. The number of pyridine rings is 1. The van der Waals surface area contributed by atoms with Crippen molar-refractivity contribution >= 4 is 36.4 Å². The Kier molecular flexibility index (Phi) is 9.17. The fourth-order valence-electron chi connectivity index (χ4n) is 3.39. The molecule has 7 nitrogen and oxygen atoms in total. The zero-order chi connectivity index (χ0) is 25.9. The smallest absolute Gasteiger partial charge is 0.267 e. The van der Waals surface area contributed by atoms with Gasteiger partial charge in [0.1, 0.15) is 0 Å². The molecule has 0 saturated carbocycles. The number of carbonyl (C=O) groups excluding carboxylic acids is 2. The minimum atomic E-state index is -0.456. The van der Waals surface area contributed by atoms with Gasteiger partial charge in [0.05, 0.1) is 34.9 Å². The van der Waals surface area contributed by atoms with Crippen LogP contribution in [0.15, 0.2) is 88.1 Å². The average molecular weight is 480 g/mol. The summed E-state index contributed by atoms with van der Waals surface area (Å²) >= 11 is 0. The van der Waals surface area contributed by atoms with E-state index >= 15 is 0 Å². The van der Waals surface area contributed by atoms with E-state index in [1.807, 2.05) is 86.7 Å². The number of rotatable bonds is 8. The van der Waals surface area contributed by atoms with E-state index in [9.17, 15) is 9.59 Å². The van der Waals surface area contributed by atoms with Crippen molar-refractivity contribution < 1.29 is 9.59 Å². The Labute approximate surface area is 211 Å². The number of hydrogen-bond donors (Lipinski definition) is 2. The molecule has 3 rings (SSSR count). The van der Waals surface area contributed by atoms with Crippen LogP contribution in [0, 0.1) is 13.8 Å².